The third kappa shape index (κ3) is 4.42. The topological polar surface area (TPSA) is 24.1 Å². The quantitative estimate of drug-likeness (QED) is 0.690. The zero-order valence-corrected chi connectivity index (χ0v) is 14.1. The fourth-order valence-electron chi connectivity index (χ4n) is 2.01. The molecular formula is C17H18ClFN2S. The van der Waals surface area contributed by atoms with Gasteiger partial charge >= 0.3 is 0 Å². The van der Waals surface area contributed by atoms with Crippen LogP contribution in [0, 0.1) is 5.82 Å². The van der Waals surface area contributed by atoms with Gasteiger partial charge in [0.05, 0.1) is 5.69 Å². The van der Waals surface area contributed by atoms with Gasteiger partial charge in [-0.3, -0.25) is 0 Å². The van der Waals surface area contributed by atoms with Crippen LogP contribution in [-0.2, 0) is 0 Å². The van der Waals surface area contributed by atoms with E-state index >= 15 is 0 Å². The van der Waals surface area contributed by atoms with Crippen LogP contribution >= 0.6 is 23.8 Å². The van der Waals surface area contributed by atoms with Crippen LogP contribution < -0.4 is 10.6 Å². The number of nitrogens with one attached hydrogen (secondary N) is 2. The molecule has 0 aliphatic carbocycles. The van der Waals surface area contributed by atoms with Gasteiger partial charge in [0.2, 0.25) is 0 Å². The summed E-state index contributed by atoms with van der Waals surface area (Å²) in [7, 11) is 0. The summed E-state index contributed by atoms with van der Waals surface area (Å²) in [5.41, 5.74) is 2.44. The van der Waals surface area contributed by atoms with Crippen molar-refractivity contribution in [1.82, 2.24) is 0 Å². The number of rotatable bonds is 4. The van der Waals surface area contributed by atoms with Gasteiger partial charge in [-0.1, -0.05) is 37.6 Å². The lowest BCUT2D eigenvalue weighted by molar-refractivity contribution is 0.632. The molecule has 0 spiro atoms. The van der Waals surface area contributed by atoms with Crippen LogP contribution in [-0.4, -0.2) is 5.11 Å². The summed E-state index contributed by atoms with van der Waals surface area (Å²) in [6.45, 7) is 4.36. The zero-order valence-electron chi connectivity index (χ0n) is 12.5. The van der Waals surface area contributed by atoms with Crippen LogP contribution in [0.15, 0.2) is 42.5 Å². The molecule has 2 aromatic carbocycles. The highest BCUT2D eigenvalue weighted by Gasteiger charge is 2.06. The Labute approximate surface area is 140 Å². The monoisotopic (exact) mass is 336 g/mol. The van der Waals surface area contributed by atoms with E-state index in [1.54, 1.807) is 12.1 Å². The van der Waals surface area contributed by atoms with Gasteiger partial charge < -0.3 is 10.6 Å². The normalized spacial score (nSPS) is 11.8. The number of hydrogen-bond donors (Lipinski definition) is 2. The van der Waals surface area contributed by atoms with Gasteiger partial charge in [-0.2, -0.15) is 0 Å². The molecule has 2 rings (SSSR count). The average molecular weight is 337 g/mol. The smallest absolute Gasteiger partial charge is 0.175 e. The molecule has 5 heteroatoms. The van der Waals surface area contributed by atoms with Crippen LogP contribution in [0.3, 0.4) is 0 Å². The van der Waals surface area contributed by atoms with E-state index in [2.05, 4.69) is 36.6 Å². The molecule has 0 heterocycles. The highest BCUT2D eigenvalue weighted by atomic mass is 35.5. The van der Waals surface area contributed by atoms with Crippen LogP contribution in [0.1, 0.15) is 31.7 Å². The first kappa shape index (κ1) is 16.7. The highest BCUT2D eigenvalue weighted by Crippen LogP contribution is 2.21. The molecule has 2 nitrogen and oxygen atoms in total. The molecule has 1 unspecified atom stereocenters. The minimum atomic E-state index is -0.441. The van der Waals surface area contributed by atoms with Crippen molar-refractivity contribution in [2.24, 2.45) is 0 Å². The number of halogens is 2. The van der Waals surface area contributed by atoms with E-state index in [1.807, 2.05) is 12.1 Å². The summed E-state index contributed by atoms with van der Waals surface area (Å²) in [4.78, 5) is 0. The Kier molecular flexibility index (Phi) is 5.75. The van der Waals surface area contributed by atoms with Crippen LogP contribution in [0.4, 0.5) is 15.8 Å². The van der Waals surface area contributed by atoms with E-state index in [0.29, 0.717) is 16.1 Å². The fraction of sp³-hybridized carbons (Fsp3) is 0.235. The van der Waals surface area contributed by atoms with E-state index in [4.69, 9.17) is 23.8 Å². The van der Waals surface area contributed by atoms with Crippen molar-refractivity contribution in [3.8, 4) is 0 Å². The van der Waals surface area contributed by atoms with Crippen LogP contribution in [0.2, 0.25) is 5.02 Å². The van der Waals surface area contributed by atoms with Crippen molar-refractivity contribution in [2.75, 3.05) is 10.6 Å². The van der Waals surface area contributed by atoms with Gasteiger partial charge in [-0.25, -0.2) is 4.39 Å². The first-order valence-corrected chi connectivity index (χ1v) is 7.91. The van der Waals surface area contributed by atoms with Crippen LogP contribution in [0.5, 0.6) is 0 Å². The van der Waals surface area contributed by atoms with Gasteiger partial charge in [0.25, 0.3) is 0 Å². The molecule has 116 valence electrons. The molecular weight excluding hydrogens is 319 g/mol. The maximum absolute atomic E-state index is 13.7. The Bertz CT molecular complexity index is 658. The number of hydrogen-bond acceptors (Lipinski definition) is 1. The molecule has 0 saturated carbocycles. The Balaban J connectivity index is 1.99. The Morgan fingerprint density at radius 3 is 2.45 bits per heavy atom. The van der Waals surface area contributed by atoms with Crippen molar-refractivity contribution in [3.05, 3.63) is 58.9 Å². The molecule has 2 aromatic rings. The van der Waals surface area contributed by atoms with E-state index in [1.165, 1.54) is 11.6 Å². The molecule has 0 aliphatic rings. The maximum Gasteiger partial charge on any atom is 0.175 e. The van der Waals surface area contributed by atoms with Gasteiger partial charge in [0, 0.05) is 10.7 Å². The van der Waals surface area contributed by atoms with Crippen molar-refractivity contribution in [3.63, 3.8) is 0 Å². The van der Waals surface area contributed by atoms with Crippen molar-refractivity contribution < 1.29 is 4.39 Å². The lowest BCUT2D eigenvalue weighted by atomic mass is 9.99. The summed E-state index contributed by atoms with van der Waals surface area (Å²) in [5.74, 6) is 0.0889. The summed E-state index contributed by atoms with van der Waals surface area (Å²) in [6, 6.07) is 12.5. The number of thiocarbonyl (C=S) groups is 1. The Hall–Kier alpha value is -1.65. The Morgan fingerprint density at radius 2 is 1.86 bits per heavy atom. The zero-order chi connectivity index (χ0) is 16.1. The minimum Gasteiger partial charge on any atom is -0.332 e. The van der Waals surface area contributed by atoms with Gasteiger partial charge in [-0.05, 0) is 60.5 Å². The van der Waals surface area contributed by atoms with Gasteiger partial charge in [0.15, 0.2) is 5.11 Å². The second-order valence-electron chi connectivity index (χ2n) is 5.13. The summed E-state index contributed by atoms with van der Waals surface area (Å²) in [5, 5.41) is 6.54. The third-order valence-electron chi connectivity index (χ3n) is 3.53. The largest absolute Gasteiger partial charge is 0.332 e. The number of benzene rings is 2. The molecule has 0 fully saturated rings. The van der Waals surface area contributed by atoms with E-state index in [0.717, 1.165) is 12.1 Å². The summed E-state index contributed by atoms with van der Waals surface area (Å²) < 4.78 is 13.7. The third-order valence-corrected chi connectivity index (χ3v) is 3.97. The molecule has 0 bridgehead atoms. The lowest BCUT2D eigenvalue weighted by Gasteiger charge is -2.13. The van der Waals surface area contributed by atoms with E-state index < -0.39 is 5.82 Å². The predicted octanol–water partition coefficient (Wildman–Crippen LogP) is 5.80. The second-order valence-corrected chi connectivity index (χ2v) is 5.98. The standard InChI is InChI=1S/C17H18ClFN2S/c1-3-11(2)12-4-7-14(8-5-12)20-17(22)21-16-9-6-13(18)10-15(16)19/h4-11H,3H2,1-2H3,(H2,20,21,22). The molecule has 1 atom stereocenters. The summed E-state index contributed by atoms with van der Waals surface area (Å²) in [6.07, 6.45) is 1.10. The lowest BCUT2D eigenvalue weighted by Crippen LogP contribution is -2.19. The SMILES string of the molecule is CCC(C)c1ccc(NC(=S)Nc2ccc(Cl)cc2F)cc1. The molecule has 0 radical (unpaired) electrons. The fourth-order valence-corrected chi connectivity index (χ4v) is 2.39. The average Bonchev–Trinajstić information content (AvgIpc) is 2.50. The Morgan fingerprint density at radius 1 is 1.18 bits per heavy atom. The number of anilines is 2. The molecule has 2 N–H and O–H groups in total. The molecule has 0 aromatic heterocycles. The predicted molar refractivity (Wildman–Crippen MR) is 96.4 cm³/mol. The first-order valence-electron chi connectivity index (χ1n) is 7.12. The van der Waals surface area contributed by atoms with E-state index in [9.17, 15) is 4.39 Å². The molecule has 22 heavy (non-hydrogen) atoms. The summed E-state index contributed by atoms with van der Waals surface area (Å²) >= 11 is 10.9. The van der Waals surface area contributed by atoms with Crippen molar-refractivity contribution in [1.29, 1.82) is 0 Å². The first-order chi connectivity index (χ1) is 10.5. The van der Waals surface area contributed by atoms with Gasteiger partial charge in [0.1, 0.15) is 5.82 Å². The van der Waals surface area contributed by atoms with Crippen LogP contribution in [0.25, 0.3) is 0 Å². The minimum absolute atomic E-state index is 0.290. The van der Waals surface area contributed by atoms with Crippen molar-refractivity contribution in [2.45, 2.75) is 26.2 Å². The molecule has 0 saturated heterocycles. The molecule has 0 aliphatic heterocycles. The second kappa shape index (κ2) is 7.56. The van der Waals surface area contributed by atoms with Crippen molar-refractivity contribution >= 4 is 40.3 Å². The van der Waals surface area contributed by atoms with Gasteiger partial charge in [-0.15, -0.1) is 0 Å². The maximum atomic E-state index is 13.7. The van der Waals surface area contributed by atoms with E-state index in [-0.39, 0.29) is 5.69 Å². The molecule has 0 amide bonds. The highest BCUT2D eigenvalue weighted by molar-refractivity contribution is 7.80.